The Labute approximate surface area is 115 Å². The van der Waals surface area contributed by atoms with Crippen molar-refractivity contribution in [2.75, 3.05) is 21.3 Å². The molecule has 6 nitrogen and oxygen atoms in total. The number of fused-ring (bicyclic) bond motifs is 1. The van der Waals surface area contributed by atoms with Crippen LogP contribution >= 0.6 is 0 Å². The standard InChI is InChI=1S/C14H14O6/c1-18-12(16)10-8-4-5-9(15)14(20-3,7-6-8)11(10)13(17)19-2/h4-8H,1-3H3/t8-,14+/m0/s1. The smallest absolute Gasteiger partial charge is 0.338 e. The van der Waals surface area contributed by atoms with Crippen molar-refractivity contribution in [1.29, 1.82) is 0 Å². The summed E-state index contributed by atoms with van der Waals surface area (Å²) in [6, 6.07) is 0. The third-order valence-electron chi connectivity index (χ3n) is 3.45. The Morgan fingerprint density at radius 1 is 1.10 bits per heavy atom. The Bertz CT molecular complexity index is 568. The first-order valence-corrected chi connectivity index (χ1v) is 5.90. The maximum Gasteiger partial charge on any atom is 0.338 e. The number of hydrogen-bond donors (Lipinski definition) is 0. The average molecular weight is 278 g/mol. The molecule has 20 heavy (non-hydrogen) atoms. The van der Waals surface area contributed by atoms with E-state index in [4.69, 9.17) is 14.2 Å². The van der Waals surface area contributed by atoms with E-state index in [0.29, 0.717) is 0 Å². The van der Waals surface area contributed by atoms with E-state index >= 15 is 0 Å². The molecule has 0 amide bonds. The number of ketones is 1. The van der Waals surface area contributed by atoms with Crippen molar-refractivity contribution in [1.82, 2.24) is 0 Å². The molecule has 0 saturated heterocycles. The number of carbonyl (C=O) groups is 3. The Hall–Kier alpha value is -2.21. The predicted octanol–water partition coefficient (Wildman–Crippen LogP) is 0.339. The van der Waals surface area contributed by atoms with E-state index in [1.807, 2.05) is 0 Å². The highest BCUT2D eigenvalue weighted by atomic mass is 16.5. The summed E-state index contributed by atoms with van der Waals surface area (Å²) in [5.74, 6) is -2.46. The van der Waals surface area contributed by atoms with Gasteiger partial charge in [0.25, 0.3) is 0 Å². The van der Waals surface area contributed by atoms with E-state index in [9.17, 15) is 14.4 Å². The van der Waals surface area contributed by atoms with Gasteiger partial charge in [0.2, 0.25) is 0 Å². The van der Waals surface area contributed by atoms with Gasteiger partial charge in [-0.3, -0.25) is 4.79 Å². The lowest BCUT2D eigenvalue weighted by atomic mass is 9.79. The molecule has 0 heterocycles. The molecule has 3 aliphatic carbocycles. The molecule has 0 aromatic carbocycles. The van der Waals surface area contributed by atoms with Crippen LogP contribution in [0.5, 0.6) is 0 Å². The second-order valence-corrected chi connectivity index (χ2v) is 4.32. The SMILES string of the molecule is COC(=O)C1=C(C(=O)OC)[C@@]2(OC)C=C[C@@H]1C=CC2=O. The van der Waals surface area contributed by atoms with Gasteiger partial charge in [0, 0.05) is 13.0 Å². The summed E-state index contributed by atoms with van der Waals surface area (Å²) < 4.78 is 14.7. The van der Waals surface area contributed by atoms with E-state index in [1.54, 1.807) is 6.08 Å². The number of rotatable bonds is 3. The zero-order chi connectivity index (χ0) is 14.9. The molecule has 0 aromatic rings. The van der Waals surface area contributed by atoms with E-state index in [2.05, 4.69) is 0 Å². The lowest BCUT2D eigenvalue weighted by molar-refractivity contribution is -0.144. The van der Waals surface area contributed by atoms with Crippen LogP contribution in [0.3, 0.4) is 0 Å². The molecule has 3 aliphatic rings. The van der Waals surface area contributed by atoms with Gasteiger partial charge in [0.05, 0.1) is 25.4 Å². The third kappa shape index (κ3) is 1.80. The number of hydrogen-bond acceptors (Lipinski definition) is 6. The minimum atomic E-state index is -1.64. The van der Waals surface area contributed by atoms with E-state index in [-0.39, 0.29) is 11.1 Å². The van der Waals surface area contributed by atoms with Gasteiger partial charge < -0.3 is 14.2 Å². The zero-order valence-electron chi connectivity index (χ0n) is 11.3. The lowest BCUT2D eigenvalue weighted by Crippen LogP contribution is -2.45. The van der Waals surface area contributed by atoms with Crippen molar-refractivity contribution < 1.29 is 28.6 Å². The molecule has 2 atom stereocenters. The second kappa shape index (κ2) is 5.05. The summed E-state index contributed by atoms with van der Waals surface area (Å²) in [5, 5.41) is 0. The van der Waals surface area contributed by atoms with E-state index < -0.39 is 29.2 Å². The maximum atomic E-state index is 12.3. The van der Waals surface area contributed by atoms with Crippen molar-refractivity contribution in [2.24, 2.45) is 5.92 Å². The summed E-state index contributed by atoms with van der Waals surface area (Å²) in [4.78, 5) is 36.3. The van der Waals surface area contributed by atoms with Crippen LogP contribution in [0.15, 0.2) is 35.5 Å². The molecule has 2 bridgehead atoms. The third-order valence-corrected chi connectivity index (χ3v) is 3.45. The van der Waals surface area contributed by atoms with Crippen LogP contribution in [-0.2, 0) is 28.6 Å². The number of carbonyl (C=O) groups excluding carboxylic acids is 3. The summed E-state index contributed by atoms with van der Waals surface area (Å²) in [5.41, 5.74) is -1.71. The first-order chi connectivity index (χ1) is 9.51. The van der Waals surface area contributed by atoms with Crippen molar-refractivity contribution in [3.8, 4) is 0 Å². The first kappa shape index (κ1) is 14.2. The summed E-state index contributed by atoms with van der Waals surface area (Å²) in [7, 11) is 3.67. The van der Waals surface area contributed by atoms with Crippen molar-refractivity contribution in [3.05, 3.63) is 35.5 Å². The number of methoxy groups -OCH3 is 3. The maximum absolute atomic E-state index is 12.3. The van der Waals surface area contributed by atoms with Crippen molar-refractivity contribution in [3.63, 3.8) is 0 Å². The Balaban J connectivity index is 2.77. The molecule has 106 valence electrons. The van der Waals surface area contributed by atoms with Gasteiger partial charge in [-0.15, -0.1) is 0 Å². The fourth-order valence-electron chi connectivity index (χ4n) is 2.45. The molecule has 0 unspecified atom stereocenters. The molecular formula is C14H14O6. The summed E-state index contributed by atoms with van der Waals surface area (Å²) >= 11 is 0. The molecule has 0 radical (unpaired) electrons. The monoisotopic (exact) mass is 278 g/mol. The highest BCUT2D eigenvalue weighted by molar-refractivity contribution is 6.14. The molecule has 0 N–H and O–H groups in total. The van der Waals surface area contributed by atoms with Crippen LogP contribution in [0.1, 0.15) is 0 Å². The topological polar surface area (TPSA) is 78.9 Å². The van der Waals surface area contributed by atoms with Crippen LogP contribution in [-0.4, -0.2) is 44.7 Å². The van der Waals surface area contributed by atoms with Gasteiger partial charge in [-0.2, -0.15) is 0 Å². The molecule has 0 aliphatic heterocycles. The molecule has 6 heteroatoms. The molecule has 0 spiro atoms. The molecule has 0 aromatic heterocycles. The van der Waals surface area contributed by atoms with Gasteiger partial charge in [0.1, 0.15) is 0 Å². The normalized spacial score (nSPS) is 27.6. The lowest BCUT2D eigenvalue weighted by Gasteiger charge is -2.32. The highest BCUT2D eigenvalue weighted by Crippen LogP contribution is 2.40. The molecule has 3 rings (SSSR count). The minimum absolute atomic E-state index is 0.0609. The predicted molar refractivity (Wildman–Crippen MR) is 67.6 cm³/mol. The van der Waals surface area contributed by atoms with Crippen molar-refractivity contribution >= 4 is 17.7 Å². The fourth-order valence-corrected chi connectivity index (χ4v) is 2.45. The Morgan fingerprint density at radius 2 is 1.75 bits per heavy atom. The number of allylic oxidation sites excluding steroid dienone is 2. The van der Waals surface area contributed by atoms with Crippen LogP contribution in [0.2, 0.25) is 0 Å². The highest BCUT2D eigenvalue weighted by Gasteiger charge is 2.50. The summed E-state index contributed by atoms with van der Waals surface area (Å²) in [6.07, 6.45) is 5.93. The van der Waals surface area contributed by atoms with Gasteiger partial charge in [0.15, 0.2) is 11.4 Å². The zero-order valence-corrected chi connectivity index (χ0v) is 11.3. The van der Waals surface area contributed by atoms with Crippen molar-refractivity contribution in [2.45, 2.75) is 5.60 Å². The van der Waals surface area contributed by atoms with Crippen LogP contribution in [0.25, 0.3) is 0 Å². The number of ether oxygens (including phenoxy) is 3. The minimum Gasteiger partial charge on any atom is -0.466 e. The quantitative estimate of drug-likeness (QED) is 0.547. The van der Waals surface area contributed by atoms with Crippen LogP contribution < -0.4 is 0 Å². The van der Waals surface area contributed by atoms with E-state index in [0.717, 1.165) is 0 Å². The van der Waals surface area contributed by atoms with Crippen LogP contribution in [0, 0.1) is 5.92 Å². The van der Waals surface area contributed by atoms with E-state index in [1.165, 1.54) is 39.6 Å². The van der Waals surface area contributed by atoms with Gasteiger partial charge in [-0.25, -0.2) is 9.59 Å². The first-order valence-electron chi connectivity index (χ1n) is 5.90. The molecule has 0 saturated carbocycles. The van der Waals surface area contributed by atoms with Gasteiger partial charge in [-0.1, -0.05) is 12.2 Å². The Morgan fingerprint density at radius 3 is 2.30 bits per heavy atom. The second-order valence-electron chi connectivity index (χ2n) is 4.32. The Kier molecular flexibility index (Phi) is 3.59. The van der Waals surface area contributed by atoms with Gasteiger partial charge in [-0.05, 0) is 12.2 Å². The molecule has 0 fully saturated rings. The summed E-state index contributed by atoms with van der Waals surface area (Å²) in [6.45, 7) is 0. The van der Waals surface area contributed by atoms with Crippen LogP contribution in [0.4, 0.5) is 0 Å². The average Bonchev–Trinajstić information content (AvgIpc) is 2.72. The number of esters is 2. The largest absolute Gasteiger partial charge is 0.466 e. The van der Waals surface area contributed by atoms with Gasteiger partial charge >= 0.3 is 11.9 Å². The molecular weight excluding hydrogens is 264 g/mol. The fraction of sp³-hybridized carbons (Fsp3) is 0.357.